The number of hydrogen-bond acceptors (Lipinski definition) is 3. The van der Waals surface area contributed by atoms with Crippen LogP contribution in [0.2, 0.25) is 5.02 Å². The number of amides is 1. The van der Waals surface area contributed by atoms with E-state index in [1.165, 1.54) is 18.2 Å². The highest BCUT2D eigenvalue weighted by atomic mass is 35.5. The van der Waals surface area contributed by atoms with E-state index in [-0.39, 0.29) is 22.2 Å². The number of nitro groups is 1. The fraction of sp³-hybridized carbons (Fsp3) is 0.417. The summed E-state index contributed by atoms with van der Waals surface area (Å²) in [6, 6.07) is 3.86. The van der Waals surface area contributed by atoms with Crippen molar-refractivity contribution in [1.29, 1.82) is 0 Å². The summed E-state index contributed by atoms with van der Waals surface area (Å²) < 4.78 is 0. The summed E-state index contributed by atoms with van der Waals surface area (Å²) in [5.74, 6) is -0.344. The molecule has 0 saturated heterocycles. The number of benzene rings is 1. The summed E-state index contributed by atoms with van der Waals surface area (Å²) in [4.78, 5) is 22.4. The smallest absolute Gasteiger partial charge is 0.282 e. The highest BCUT2D eigenvalue weighted by Crippen LogP contribution is 2.23. The Morgan fingerprint density at radius 1 is 1.53 bits per heavy atom. The zero-order valence-electron chi connectivity index (χ0n) is 10.6. The number of alkyl halides is 1. The van der Waals surface area contributed by atoms with Crippen molar-refractivity contribution in [3.63, 3.8) is 0 Å². The molecule has 0 saturated carbocycles. The molecule has 0 bridgehead atoms. The minimum absolute atomic E-state index is 0.0673. The molecule has 0 spiro atoms. The number of halogens is 2. The number of hydrogen-bond donors (Lipinski definition) is 1. The third-order valence-electron chi connectivity index (χ3n) is 2.89. The molecule has 0 aromatic heterocycles. The predicted octanol–water partition coefficient (Wildman–Crippen LogP) is 3.39. The Bertz CT molecular complexity index is 502. The van der Waals surface area contributed by atoms with Gasteiger partial charge in [0.15, 0.2) is 0 Å². The van der Waals surface area contributed by atoms with Crippen molar-refractivity contribution in [3.05, 3.63) is 38.9 Å². The van der Waals surface area contributed by atoms with Crippen molar-refractivity contribution in [2.75, 3.05) is 5.88 Å². The molecule has 19 heavy (non-hydrogen) atoms. The monoisotopic (exact) mass is 304 g/mol. The molecule has 1 rings (SSSR count). The number of carbonyl (C=O) groups is 1. The first-order valence-corrected chi connectivity index (χ1v) is 6.56. The second-order valence-electron chi connectivity index (χ2n) is 4.42. The van der Waals surface area contributed by atoms with Crippen molar-refractivity contribution >= 4 is 34.8 Å². The van der Waals surface area contributed by atoms with Crippen LogP contribution in [0.15, 0.2) is 18.2 Å². The van der Waals surface area contributed by atoms with Crippen LogP contribution in [0.4, 0.5) is 5.69 Å². The van der Waals surface area contributed by atoms with E-state index in [1.807, 2.05) is 6.92 Å². The number of carbonyl (C=O) groups excluding carboxylic acids is 1. The lowest BCUT2D eigenvalue weighted by Crippen LogP contribution is -2.47. The molecule has 1 aromatic rings. The maximum absolute atomic E-state index is 12.1. The molecular weight excluding hydrogens is 291 g/mol. The average Bonchev–Trinajstić information content (AvgIpc) is 2.38. The molecule has 104 valence electrons. The standard InChI is InChI=1S/C12H14Cl2N2O3/c1-3-12(2,7-13)15-11(17)9-6-8(14)4-5-10(9)16(18)19/h4-6H,3,7H2,1-2H3,(H,15,17). The molecule has 1 atom stereocenters. The molecule has 1 N–H and O–H groups in total. The SMILES string of the molecule is CCC(C)(CCl)NC(=O)c1cc(Cl)ccc1[N+](=O)[O-]. The first-order valence-electron chi connectivity index (χ1n) is 5.65. The van der Waals surface area contributed by atoms with Crippen LogP contribution in [-0.2, 0) is 0 Å². The second kappa shape index (κ2) is 6.21. The fourth-order valence-electron chi connectivity index (χ4n) is 1.41. The number of nitrogens with zero attached hydrogens (tertiary/aromatic N) is 1. The van der Waals surface area contributed by atoms with Gasteiger partial charge in [0.05, 0.1) is 10.5 Å². The molecule has 1 amide bonds. The van der Waals surface area contributed by atoms with Crippen LogP contribution in [0, 0.1) is 10.1 Å². The highest BCUT2D eigenvalue weighted by molar-refractivity contribution is 6.31. The van der Waals surface area contributed by atoms with Gasteiger partial charge in [0.25, 0.3) is 11.6 Å². The van der Waals surface area contributed by atoms with Gasteiger partial charge in [0, 0.05) is 17.0 Å². The van der Waals surface area contributed by atoms with Gasteiger partial charge < -0.3 is 5.32 Å². The van der Waals surface area contributed by atoms with E-state index in [0.29, 0.717) is 6.42 Å². The quantitative estimate of drug-likeness (QED) is 0.515. The van der Waals surface area contributed by atoms with E-state index in [4.69, 9.17) is 23.2 Å². The molecule has 1 aromatic carbocycles. The summed E-state index contributed by atoms with van der Waals surface area (Å²) in [6.07, 6.45) is 0.608. The number of rotatable bonds is 5. The third-order valence-corrected chi connectivity index (χ3v) is 3.72. The largest absolute Gasteiger partial charge is 0.345 e. The van der Waals surface area contributed by atoms with Gasteiger partial charge in [0.1, 0.15) is 5.56 Å². The Morgan fingerprint density at radius 3 is 2.63 bits per heavy atom. The van der Waals surface area contributed by atoms with Crippen LogP contribution in [0.5, 0.6) is 0 Å². The van der Waals surface area contributed by atoms with Gasteiger partial charge >= 0.3 is 0 Å². The van der Waals surface area contributed by atoms with Gasteiger partial charge in [-0.3, -0.25) is 14.9 Å². The molecule has 0 aliphatic carbocycles. The van der Waals surface area contributed by atoms with Crippen molar-refractivity contribution < 1.29 is 9.72 Å². The van der Waals surface area contributed by atoms with Crippen LogP contribution in [0.25, 0.3) is 0 Å². The first kappa shape index (κ1) is 15.7. The second-order valence-corrected chi connectivity index (χ2v) is 5.12. The fourth-order valence-corrected chi connectivity index (χ4v) is 1.83. The topological polar surface area (TPSA) is 72.2 Å². The molecule has 0 aliphatic rings. The van der Waals surface area contributed by atoms with E-state index in [2.05, 4.69) is 5.32 Å². The minimum Gasteiger partial charge on any atom is -0.345 e. The van der Waals surface area contributed by atoms with Crippen molar-refractivity contribution in [2.45, 2.75) is 25.8 Å². The number of nitro benzene ring substituents is 1. The van der Waals surface area contributed by atoms with Crippen molar-refractivity contribution in [3.8, 4) is 0 Å². The lowest BCUT2D eigenvalue weighted by atomic mass is 10.0. The first-order chi connectivity index (χ1) is 8.83. The van der Waals surface area contributed by atoms with E-state index < -0.39 is 16.4 Å². The van der Waals surface area contributed by atoms with E-state index in [9.17, 15) is 14.9 Å². The Balaban J connectivity index is 3.12. The lowest BCUT2D eigenvalue weighted by molar-refractivity contribution is -0.385. The van der Waals surface area contributed by atoms with Gasteiger partial charge in [-0.1, -0.05) is 18.5 Å². The van der Waals surface area contributed by atoms with Crippen molar-refractivity contribution in [1.82, 2.24) is 5.32 Å². The summed E-state index contributed by atoms with van der Waals surface area (Å²) >= 11 is 11.6. The molecule has 7 heteroatoms. The van der Waals surface area contributed by atoms with Crippen LogP contribution >= 0.6 is 23.2 Å². The zero-order valence-corrected chi connectivity index (χ0v) is 12.1. The third kappa shape index (κ3) is 3.81. The van der Waals surface area contributed by atoms with Crippen LogP contribution in [0.1, 0.15) is 30.6 Å². The summed E-state index contributed by atoms with van der Waals surface area (Å²) in [6.45, 7) is 3.64. The molecule has 5 nitrogen and oxygen atoms in total. The molecule has 1 unspecified atom stereocenters. The van der Waals surface area contributed by atoms with Gasteiger partial charge in [0.2, 0.25) is 0 Å². The van der Waals surface area contributed by atoms with Crippen LogP contribution in [0.3, 0.4) is 0 Å². The average molecular weight is 305 g/mol. The van der Waals surface area contributed by atoms with Gasteiger partial charge in [-0.2, -0.15) is 0 Å². The van der Waals surface area contributed by atoms with Gasteiger partial charge in [-0.25, -0.2) is 0 Å². The van der Waals surface area contributed by atoms with E-state index in [1.54, 1.807) is 6.92 Å². The van der Waals surface area contributed by atoms with Crippen LogP contribution in [-0.4, -0.2) is 22.2 Å². The summed E-state index contributed by atoms with van der Waals surface area (Å²) in [5.41, 5.74) is -0.966. The Labute approximate surface area is 121 Å². The van der Waals surface area contributed by atoms with Gasteiger partial charge in [-0.15, -0.1) is 11.6 Å². The summed E-state index contributed by atoms with van der Waals surface area (Å²) in [7, 11) is 0. The Morgan fingerprint density at radius 2 is 2.16 bits per heavy atom. The van der Waals surface area contributed by atoms with E-state index >= 15 is 0 Å². The van der Waals surface area contributed by atoms with Crippen molar-refractivity contribution in [2.24, 2.45) is 0 Å². The van der Waals surface area contributed by atoms with E-state index in [0.717, 1.165) is 0 Å². The predicted molar refractivity (Wildman–Crippen MR) is 75.0 cm³/mol. The highest BCUT2D eigenvalue weighted by Gasteiger charge is 2.27. The summed E-state index contributed by atoms with van der Waals surface area (Å²) in [5, 5.41) is 13.9. The Hall–Kier alpha value is -1.33. The lowest BCUT2D eigenvalue weighted by Gasteiger charge is -2.27. The normalized spacial score (nSPS) is 13.7. The molecule has 0 aliphatic heterocycles. The Kier molecular flexibility index (Phi) is 5.14. The minimum atomic E-state index is -0.616. The maximum atomic E-state index is 12.1. The molecular formula is C12H14Cl2N2O3. The number of nitrogens with one attached hydrogen (secondary N) is 1. The zero-order chi connectivity index (χ0) is 14.6. The molecule has 0 radical (unpaired) electrons. The molecule has 0 fully saturated rings. The molecule has 0 heterocycles. The van der Waals surface area contributed by atoms with Gasteiger partial charge in [-0.05, 0) is 25.5 Å². The van der Waals surface area contributed by atoms with Crippen LogP contribution < -0.4 is 5.32 Å². The maximum Gasteiger partial charge on any atom is 0.282 e.